The molecule has 1 aliphatic rings. The number of rotatable bonds is 20. The van der Waals surface area contributed by atoms with Crippen LogP contribution in [0.2, 0.25) is 0 Å². The third-order valence-electron chi connectivity index (χ3n) is 13.0. The number of H-pyrrole nitrogens is 1. The van der Waals surface area contributed by atoms with Gasteiger partial charge in [0, 0.05) is 68.3 Å². The smallest absolute Gasteiger partial charge is 0.243 e. The lowest BCUT2D eigenvalue weighted by Gasteiger charge is -2.27. The Hall–Kier alpha value is -7.89. The molecule has 0 spiro atoms. The van der Waals surface area contributed by atoms with Crippen LogP contribution in [0.3, 0.4) is 0 Å². The Kier molecular flexibility index (Phi) is 25.3. The summed E-state index contributed by atoms with van der Waals surface area (Å²) in [4.78, 5) is 137. The van der Waals surface area contributed by atoms with Crippen molar-refractivity contribution in [1.82, 2.24) is 36.9 Å². The Morgan fingerprint density at radius 2 is 1.37 bits per heavy atom. The molecular weight excluding hydrogens is 979 g/mol. The third-order valence-corrected chi connectivity index (χ3v) is 13.0. The van der Waals surface area contributed by atoms with E-state index in [4.69, 9.17) is 34.4 Å². The summed E-state index contributed by atoms with van der Waals surface area (Å²) in [6, 6.07) is 9.79. The molecule has 0 bridgehead atoms. The number of primary amides is 1. The lowest BCUT2D eigenvalue weighted by Crippen LogP contribution is -2.58. The first-order valence-corrected chi connectivity index (χ1v) is 25.8. The number of aromatic amines is 1. The van der Waals surface area contributed by atoms with Gasteiger partial charge in [-0.1, -0.05) is 48.5 Å². The molecule has 1 aliphatic heterocycles. The van der Waals surface area contributed by atoms with Crippen LogP contribution in [-0.4, -0.2) is 126 Å². The van der Waals surface area contributed by atoms with E-state index in [-0.39, 0.29) is 115 Å². The van der Waals surface area contributed by atoms with E-state index in [2.05, 4.69) is 46.9 Å². The summed E-state index contributed by atoms with van der Waals surface area (Å²) in [7, 11) is 0. The molecule has 7 amide bonds. The van der Waals surface area contributed by atoms with Crippen LogP contribution in [0.5, 0.6) is 0 Å². The number of carbonyl (C=O) groups excluding carboxylic acids is 9. The van der Waals surface area contributed by atoms with Gasteiger partial charge in [-0.25, -0.2) is 0 Å². The van der Waals surface area contributed by atoms with Crippen molar-refractivity contribution in [3.05, 3.63) is 71.9 Å². The maximum absolute atomic E-state index is 14.8. The average Bonchev–Trinajstić information content (AvgIpc) is 3.78. The topological polar surface area (TPSA) is 422 Å². The highest BCUT2D eigenvalue weighted by Gasteiger charge is 2.35. The van der Waals surface area contributed by atoms with Gasteiger partial charge in [-0.3, -0.25) is 53.1 Å². The lowest BCUT2D eigenvalue weighted by molar-refractivity contribution is -0.136. The lowest BCUT2D eigenvalue weighted by atomic mass is 9.83. The molecule has 1 aromatic heterocycles. The van der Waals surface area contributed by atoms with E-state index in [1.54, 1.807) is 36.5 Å². The van der Waals surface area contributed by atoms with Crippen molar-refractivity contribution in [2.45, 2.75) is 133 Å². The maximum atomic E-state index is 14.8. The molecule has 76 heavy (non-hydrogen) atoms. The molecule has 1 fully saturated rings. The number of ketones is 2. The van der Waals surface area contributed by atoms with Gasteiger partial charge in [0.05, 0.1) is 12.5 Å². The van der Waals surface area contributed by atoms with Gasteiger partial charge in [-0.15, -0.1) is 0 Å². The molecule has 24 nitrogen and oxygen atoms in total. The largest absolute Gasteiger partial charge is 0.370 e. The highest BCUT2D eigenvalue weighted by Crippen LogP contribution is 2.26. The van der Waals surface area contributed by atoms with Gasteiger partial charge in [0.1, 0.15) is 30.0 Å². The Labute approximate surface area is 442 Å². The number of nitrogens with zero attached hydrogens (tertiary/aromatic N) is 2. The van der Waals surface area contributed by atoms with Gasteiger partial charge in [0.2, 0.25) is 41.4 Å². The van der Waals surface area contributed by atoms with Crippen molar-refractivity contribution in [3.63, 3.8) is 0 Å². The van der Waals surface area contributed by atoms with Crippen molar-refractivity contribution in [1.29, 1.82) is 0 Å². The molecule has 3 aromatic rings. The quantitative estimate of drug-likeness (QED) is 0.0365. The second kappa shape index (κ2) is 31.8. The normalized spacial score (nSPS) is 21.2. The van der Waals surface area contributed by atoms with E-state index in [1.165, 1.54) is 6.92 Å². The van der Waals surface area contributed by atoms with Crippen molar-refractivity contribution in [3.8, 4) is 0 Å². The number of para-hydroxylation sites is 1. The summed E-state index contributed by atoms with van der Waals surface area (Å²) in [6.45, 7) is 1.77. The van der Waals surface area contributed by atoms with E-state index >= 15 is 0 Å². The molecule has 414 valence electrons. The number of carbonyl (C=O) groups is 9. The van der Waals surface area contributed by atoms with Crippen LogP contribution >= 0.6 is 0 Å². The number of unbranched alkanes of at least 4 members (excludes halogenated alkanes) is 1. The minimum Gasteiger partial charge on any atom is -0.370 e. The van der Waals surface area contributed by atoms with Gasteiger partial charge < -0.3 is 71.3 Å². The van der Waals surface area contributed by atoms with Crippen LogP contribution < -0.4 is 66.3 Å². The van der Waals surface area contributed by atoms with E-state index in [0.717, 1.165) is 16.5 Å². The maximum Gasteiger partial charge on any atom is 0.243 e. The summed E-state index contributed by atoms with van der Waals surface area (Å²) in [5.41, 5.74) is 36.0. The molecule has 0 aliphatic carbocycles. The Bertz CT molecular complexity index is 2510. The minimum atomic E-state index is -1.59. The standard InChI is InChI=1S/C52H77N15O9/c1-31(68)63-39(20-12-24-61-52(57)58)48(74)67-42-29-45(71)59-22-10-8-18-38(46(54)72)64-47(73)34(26-35-30-62-37-17-6-5-16-36(35)37)28-43(69)33(15-11-23-60-51(55)56)27-44(70)41(25-32-13-3-2-4-14-32)66-49(75)40(65-50(42)76)19-7-9-21-53/h2-6,13-14,16-17,30,33-34,38-42,62H,7-12,15,18-29,53H2,1H3,(H2,54,72)(H,59,71)(H,63,68)(H,64,73)(H,65,76)(H,66,75)(H,67,74)(H4,55,56,60)(H4,57,58,61)/t33-,34-,38+,39+,40-,41-,42+/m1/s1. The molecule has 2 heterocycles. The zero-order valence-corrected chi connectivity index (χ0v) is 43.3. The summed E-state index contributed by atoms with van der Waals surface area (Å²) in [5.74, 6) is -8.48. The SMILES string of the molecule is CC(=O)N[C@@H](CCCN=C(N)N)C(=O)N[C@H]1CC(=O)NCCCC[C@@H](C(N)=O)NC(=O)[C@H](Cc2c[nH]c3ccccc23)CC(=O)[C@H](CCCN=C(N)N)CC(=O)[C@@H](Cc2ccccc2)NC(=O)[C@@H](CCCCN)NC1=O. The fourth-order valence-electron chi connectivity index (χ4n) is 8.98. The predicted molar refractivity (Wildman–Crippen MR) is 287 cm³/mol. The van der Waals surface area contributed by atoms with Gasteiger partial charge in [0.25, 0.3) is 0 Å². The zero-order chi connectivity index (χ0) is 55.6. The molecule has 1 saturated heterocycles. The first-order chi connectivity index (χ1) is 36.3. The monoisotopic (exact) mass is 1060 g/mol. The first kappa shape index (κ1) is 60.7. The second-order valence-corrected chi connectivity index (χ2v) is 19.1. The summed E-state index contributed by atoms with van der Waals surface area (Å²) in [5, 5.41) is 17.0. The Morgan fingerprint density at radius 1 is 0.697 bits per heavy atom. The van der Waals surface area contributed by atoms with Crippen molar-refractivity contribution < 1.29 is 43.2 Å². The number of guanidine groups is 2. The summed E-state index contributed by atoms with van der Waals surface area (Å²) >= 11 is 0. The van der Waals surface area contributed by atoms with Crippen LogP contribution in [0.25, 0.3) is 10.9 Å². The third kappa shape index (κ3) is 21.2. The van der Waals surface area contributed by atoms with Gasteiger partial charge in [0.15, 0.2) is 17.7 Å². The summed E-state index contributed by atoms with van der Waals surface area (Å²) < 4.78 is 0. The number of hydrogen-bond acceptors (Lipinski definition) is 12. The molecular formula is C52H77N15O9. The van der Waals surface area contributed by atoms with Crippen LogP contribution in [0.15, 0.2) is 70.8 Å². The van der Waals surface area contributed by atoms with Crippen LogP contribution in [0.1, 0.15) is 102 Å². The number of nitrogens with one attached hydrogen (secondary N) is 7. The van der Waals surface area contributed by atoms with E-state index in [9.17, 15) is 43.2 Å². The number of fused-ring (bicyclic) bond motifs is 1. The van der Waals surface area contributed by atoms with Crippen LogP contribution in [0.4, 0.5) is 0 Å². The number of amides is 7. The van der Waals surface area contributed by atoms with Gasteiger partial charge >= 0.3 is 0 Å². The van der Waals surface area contributed by atoms with Crippen LogP contribution in [-0.2, 0) is 56.0 Å². The van der Waals surface area contributed by atoms with E-state index < -0.39 is 101 Å². The fraction of sp³-hybridized carbons (Fsp3) is 0.519. The molecule has 2 aromatic carbocycles. The van der Waals surface area contributed by atoms with Gasteiger partial charge in [-0.05, 0) is 101 Å². The highest BCUT2D eigenvalue weighted by molar-refractivity contribution is 5.99. The number of aromatic nitrogens is 1. The second-order valence-electron chi connectivity index (χ2n) is 19.1. The predicted octanol–water partition coefficient (Wildman–Crippen LogP) is -1.04. The summed E-state index contributed by atoms with van der Waals surface area (Å²) in [6.07, 6.45) is 2.64. The number of hydrogen-bond donors (Lipinski definition) is 13. The number of Topliss-reactive ketones (excluding diaryl/α,β-unsaturated/α-hetero) is 2. The van der Waals surface area contributed by atoms with Crippen LogP contribution in [0, 0.1) is 11.8 Å². The molecule has 4 rings (SSSR count). The highest BCUT2D eigenvalue weighted by atomic mass is 16.2. The van der Waals surface area contributed by atoms with Crippen molar-refractivity contribution in [2.75, 3.05) is 26.2 Å². The molecule has 0 radical (unpaired) electrons. The van der Waals surface area contributed by atoms with Crippen molar-refractivity contribution >= 4 is 75.7 Å². The fourth-order valence-corrected chi connectivity index (χ4v) is 8.98. The first-order valence-electron chi connectivity index (χ1n) is 25.8. The minimum absolute atomic E-state index is 0.0174. The number of nitrogens with two attached hydrogens (primary N) is 6. The number of benzene rings is 2. The molecule has 0 saturated carbocycles. The Balaban J connectivity index is 1.78. The van der Waals surface area contributed by atoms with E-state index in [0.29, 0.717) is 18.4 Å². The van der Waals surface area contributed by atoms with Gasteiger partial charge in [-0.2, -0.15) is 0 Å². The zero-order valence-electron chi connectivity index (χ0n) is 43.3. The average molecular weight is 1060 g/mol. The van der Waals surface area contributed by atoms with Crippen molar-refractivity contribution in [2.24, 2.45) is 56.2 Å². The number of aliphatic imine (C=N–C) groups is 2. The Morgan fingerprint density at radius 3 is 2.05 bits per heavy atom. The molecule has 24 heteroatoms. The van der Waals surface area contributed by atoms with E-state index in [1.807, 2.05) is 24.3 Å². The molecule has 19 N–H and O–H groups in total. The molecule has 0 unspecified atom stereocenters. The molecule has 7 atom stereocenters.